The Morgan fingerprint density at radius 2 is 1.86 bits per heavy atom. The van der Waals surface area contributed by atoms with Gasteiger partial charge >= 0.3 is 0 Å². The van der Waals surface area contributed by atoms with Crippen LogP contribution in [0.15, 0.2) is 12.6 Å². The fourth-order valence-corrected chi connectivity index (χ4v) is 1.63. The Kier molecular flexibility index (Phi) is 3.00. The molecule has 0 heterocycles. The van der Waals surface area contributed by atoms with Crippen molar-refractivity contribution in [3.05, 3.63) is 34.9 Å². The Morgan fingerprint density at radius 1 is 1.29 bits per heavy atom. The maximum Gasteiger partial charge on any atom is 0.121 e. The zero-order valence-electron chi connectivity index (χ0n) is 9.44. The Labute approximate surface area is 86.1 Å². The highest BCUT2D eigenvalue weighted by molar-refractivity contribution is 5.69. The number of phenolic OH excluding ortho intramolecular Hbond substituents is 1. The van der Waals surface area contributed by atoms with Gasteiger partial charge in [0, 0.05) is 0 Å². The highest BCUT2D eigenvalue weighted by Gasteiger charge is 2.09. The van der Waals surface area contributed by atoms with E-state index in [1.165, 1.54) is 5.56 Å². The molecule has 0 saturated heterocycles. The molecule has 0 saturated carbocycles. The first-order chi connectivity index (χ1) is 6.49. The van der Waals surface area contributed by atoms with Crippen LogP contribution in [0.2, 0.25) is 0 Å². The normalized spacial score (nSPS) is 10.3. The molecule has 1 aromatic carbocycles. The van der Waals surface area contributed by atoms with Gasteiger partial charge in [0.1, 0.15) is 5.75 Å². The minimum atomic E-state index is 0.412. The molecule has 0 aliphatic carbocycles. The molecule has 0 aromatic heterocycles. The summed E-state index contributed by atoms with van der Waals surface area (Å²) in [4.78, 5) is 0. The van der Waals surface area contributed by atoms with Crippen LogP contribution in [-0.4, -0.2) is 5.11 Å². The zero-order valence-corrected chi connectivity index (χ0v) is 9.44. The van der Waals surface area contributed by atoms with E-state index in [4.69, 9.17) is 0 Å². The Balaban J connectivity index is 3.40. The fraction of sp³-hybridized carbons (Fsp3) is 0.385. The van der Waals surface area contributed by atoms with Crippen LogP contribution in [0.5, 0.6) is 5.75 Å². The van der Waals surface area contributed by atoms with Gasteiger partial charge < -0.3 is 5.11 Å². The van der Waals surface area contributed by atoms with Gasteiger partial charge in [0.2, 0.25) is 0 Å². The molecule has 0 bridgehead atoms. The van der Waals surface area contributed by atoms with Crippen LogP contribution in [0, 0.1) is 20.8 Å². The first-order valence-electron chi connectivity index (χ1n) is 4.97. The van der Waals surface area contributed by atoms with Crippen molar-refractivity contribution in [1.29, 1.82) is 0 Å². The molecule has 0 spiro atoms. The molecule has 1 rings (SSSR count). The maximum absolute atomic E-state index is 9.74. The van der Waals surface area contributed by atoms with Crippen LogP contribution >= 0.6 is 0 Å². The van der Waals surface area contributed by atoms with Crippen LogP contribution < -0.4 is 0 Å². The van der Waals surface area contributed by atoms with Crippen LogP contribution in [0.4, 0.5) is 0 Å². The van der Waals surface area contributed by atoms with Gasteiger partial charge in [0.25, 0.3) is 0 Å². The summed E-state index contributed by atoms with van der Waals surface area (Å²) in [5, 5.41) is 9.74. The number of aryl methyl sites for hydroxylation is 1. The number of hydrogen-bond acceptors (Lipinski definition) is 1. The molecule has 14 heavy (non-hydrogen) atoms. The van der Waals surface area contributed by atoms with E-state index >= 15 is 0 Å². The molecule has 1 N–H and O–H groups in total. The molecule has 0 fully saturated rings. The fourth-order valence-electron chi connectivity index (χ4n) is 1.63. The van der Waals surface area contributed by atoms with Crippen molar-refractivity contribution in [3.8, 4) is 5.75 Å². The van der Waals surface area contributed by atoms with E-state index in [0.717, 1.165) is 28.7 Å². The van der Waals surface area contributed by atoms with Crippen molar-refractivity contribution in [3.63, 3.8) is 0 Å². The lowest BCUT2D eigenvalue weighted by Gasteiger charge is -2.13. The molecule has 0 amide bonds. The summed E-state index contributed by atoms with van der Waals surface area (Å²) < 4.78 is 0. The summed E-state index contributed by atoms with van der Waals surface area (Å²) in [6.45, 7) is 12.0. The van der Waals surface area contributed by atoms with Crippen molar-refractivity contribution in [2.75, 3.05) is 0 Å². The molecular weight excluding hydrogens is 172 g/mol. The first-order valence-corrected chi connectivity index (χ1v) is 4.97. The summed E-state index contributed by atoms with van der Waals surface area (Å²) in [5.74, 6) is 0.412. The van der Waals surface area contributed by atoms with E-state index in [2.05, 4.69) is 13.5 Å². The van der Waals surface area contributed by atoms with Crippen molar-refractivity contribution >= 4 is 5.57 Å². The number of aromatic hydroxyl groups is 1. The number of benzene rings is 1. The average Bonchev–Trinajstić information content (AvgIpc) is 2.19. The molecule has 1 nitrogen and oxygen atoms in total. The Morgan fingerprint density at radius 3 is 2.36 bits per heavy atom. The van der Waals surface area contributed by atoms with Gasteiger partial charge in [-0.3, -0.25) is 0 Å². The topological polar surface area (TPSA) is 20.2 Å². The van der Waals surface area contributed by atoms with Gasteiger partial charge in [-0.2, -0.15) is 0 Å². The largest absolute Gasteiger partial charge is 0.507 e. The summed E-state index contributed by atoms with van der Waals surface area (Å²) in [6.07, 6.45) is 0.949. The van der Waals surface area contributed by atoms with Crippen LogP contribution in [0.1, 0.15) is 35.6 Å². The van der Waals surface area contributed by atoms with E-state index in [-0.39, 0.29) is 0 Å². The van der Waals surface area contributed by atoms with Crippen molar-refractivity contribution in [2.24, 2.45) is 0 Å². The van der Waals surface area contributed by atoms with Crippen molar-refractivity contribution in [2.45, 2.75) is 34.1 Å². The monoisotopic (exact) mass is 190 g/mol. The zero-order chi connectivity index (χ0) is 10.9. The van der Waals surface area contributed by atoms with Crippen LogP contribution in [0.25, 0.3) is 5.57 Å². The highest BCUT2D eigenvalue weighted by Crippen LogP contribution is 2.31. The average molecular weight is 190 g/mol. The lowest BCUT2D eigenvalue weighted by atomic mass is 9.93. The first kappa shape index (κ1) is 10.8. The number of rotatable bonds is 2. The quantitative estimate of drug-likeness (QED) is 0.753. The lowest BCUT2D eigenvalue weighted by Crippen LogP contribution is -1.93. The minimum Gasteiger partial charge on any atom is -0.507 e. The predicted molar refractivity (Wildman–Crippen MR) is 61.6 cm³/mol. The van der Waals surface area contributed by atoms with Gasteiger partial charge in [-0.1, -0.05) is 13.5 Å². The number of hydrogen-bond donors (Lipinski definition) is 1. The van der Waals surface area contributed by atoms with E-state index in [1.54, 1.807) is 0 Å². The van der Waals surface area contributed by atoms with E-state index < -0.39 is 0 Å². The maximum atomic E-state index is 9.74. The van der Waals surface area contributed by atoms with E-state index in [9.17, 15) is 5.11 Å². The molecule has 76 valence electrons. The highest BCUT2D eigenvalue weighted by atomic mass is 16.3. The summed E-state index contributed by atoms with van der Waals surface area (Å²) in [6, 6.07) is 2.02. The third-order valence-corrected chi connectivity index (χ3v) is 2.86. The van der Waals surface area contributed by atoms with Crippen LogP contribution in [-0.2, 0) is 0 Å². The molecule has 0 radical (unpaired) electrons. The molecule has 0 unspecified atom stereocenters. The molecule has 1 heteroatoms. The second-order valence-corrected chi connectivity index (χ2v) is 3.80. The minimum absolute atomic E-state index is 0.412. The van der Waals surface area contributed by atoms with Gasteiger partial charge in [0.05, 0.1) is 0 Å². The molecular formula is C13H18O. The number of phenols is 1. The van der Waals surface area contributed by atoms with Crippen molar-refractivity contribution < 1.29 is 5.11 Å². The van der Waals surface area contributed by atoms with E-state index in [0.29, 0.717) is 5.75 Å². The summed E-state index contributed by atoms with van der Waals surface area (Å²) in [7, 11) is 0. The SMILES string of the molecule is C=C(CC)c1cc(C)c(O)c(C)c1C. The molecule has 0 aliphatic rings. The van der Waals surface area contributed by atoms with E-state index in [1.807, 2.05) is 26.8 Å². The van der Waals surface area contributed by atoms with Crippen LogP contribution in [0.3, 0.4) is 0 Å². The van der Waals surface area contributed by atoms with Gasteiger partial charge in [0.15, 0.2) is 0 Å². The molecule has 0 atom stereocenters. The smallest absolute Gasteiger partial charge is 0.121 e. The Bertz CT molecular complexity index is 375. The Hall–Kier alpha value is -1.24. The summed E-state index contributed by atoms with van der Waals surface area (Å²) >= 11 is 0. The van der Waals surface area contributed by atoms with Crippen molar-refractivity contribution in [1.82, 2.24) is 0 Å². The van der Waals surface area contributed by atoms with Gasteiger partial charge in [-0.15, -0.1) is 0 Å². The second kappa shape index (κ2) is 3.87. The third kappa shape index (κ3) is 1.67. The molecule has 1 aromatic rings. The molecule has 0 aliphatic heterocycles. The standard InChI is InChI=1S/C13H18O/c1-6-8(2)12-7-9(3)13(14)11(5)10(12)4/h7,14H,2,6H2,1,3-5H3. The van der Waals surface area contributed by atoms with Gasteiger partial charge in [-0.05, 0) is 61.1 Å². The summed E-state index contributed by atoms with van der Waals surface area (Å²) in [5.41, 5.74) is 5.35. The second-order valence-electron chi connectivity index (χ2n) is 3.80. The predicted octanol–water partition coefficient (Wildman–Crippen LogP) is 3.74. The third-order valence-electron chi connectivity index (χ3n) is 2.86. The number of allylic oxidation sites excluding steroid dienone is 1. The van der Waals surface area contributed by atoms with Gasteiger partial charge in [-0.25, -0.2) is 0 Å². The lowest BCUT2D eigenvalue weighted by molar-refractivity contribution is 0.466.